The molecule has 1 amide bonds. The molecule has 1 N–H and O–H groups in total. The second-order valence-electron chi connectivity index (χ2n) is 7.15. The second-order valence-corrected chi connectivity index (χ2v) is 7.98. The molecule has 8 nitrogen and oxygen atoms in total. The number of carbonyl (C=O) groups excluding carboxylic acids is 1. The standard InChI is InChI=1S/C23H20N4O4S/c1-3-8-24-23-27(26-14(2)15-4-7-20-21(10-15)31-13-30-20)18(12-32-23)16-5-6-19-17(9-16)25-22(28)11-29-19/h3-7,9-10,12H,1,8,11,13H2,2H3,(H,25,28). The summed E-state index contributed by atoms with van der Waals surface area (Å²) in [5.74, 6) is 1.90. The first-order valence-corrected chi connectivity index (χ1v) is 10.8. The number of aromatic nitrogens is 1. The van der Waals surface area contributed by atoms with Crippen LogP contribution in [0.25, 0.3) is 11.3 Å². The number of fused-ring (bicyclic) bond motifs is 2. The molecule has 0 saturated heterocycles. The van der Waals surface area contributed by atoms with E-state index >= 15 is 0 Å². The number of thiazole rings is 1. The highest BCUT2D eigenvalue weighted by Gasteiger charge is 2.18. The lowest BCUT2D eigenvalue weighted by atomic mass is 10.1. The molecule has 9 heteroatoms. The van der Waals surface area contributed by atoms with Crippen molar-refractivity contribution in [3.63, 3.8) is 0 Å². The summed E-state index contributed by atoms with van der Waals surface area (Å²) in [4.78, 5) is 17.1. The molecule has 0 unspecified atom stereocenters. The summed E-state index contributed by atoms with van der Waals surface area (Å²) in [6.07, 6.45) is 1.74. The zero-order valence-corrected chi connectivity index (χ0v) is 18.1. The highest BCUT2D eigenvalue weighted by molar-refractivity contribution is 7.07. The van der Waals surface area contributed by atoms with Crippen LogP contribution in [-0.4, -0.2) is 36.2 Å². The van der Waals surface area contributed by atoms with Gasteiger partial charge in [-0.2, -0.15) is 5.10 Å². The number of ether oxygens (including phenoxy) is 3. The van der Waals surface area contributed by atoms with Crippen molar-refractivity contribution in [2.45, 2.75) is 6.92 Å². The minimum atomic E-state index is -0.175. The van der Waals surface area contributed by atoms with E-state index in [4.69, 9.17) is 19.3 Å². The highest BCUT2D eigenvalue weighted by Crippen LogP contribution is 2.34. The minimum absolute atomic E-state index is 0.0222. The first-order chi connectivity index (χ1) is 15.6. The average Bonchev–Trinajstić information content (AvgIpc) is 3.43. The quantitative estimate of drug-likeness (QED) is 0.477. The summed E-state index contributed by atoms with van der Waals surface area (Å²) < 4.78 is 18.2. The smallest absolute Gasteiger partial charge is 0.262 e. The zero-order chi connectivity index (χ0) is 22.1. The van der Waals surface area contributed by atoms with E-state index < -0.39 is 0 Å². The number of amides is 1. The summed E-state index contributed by atoms with van der Waals surface area (Å²) >= 11 is 1.48. The van der Waals surface area contributed by atoms with Gasteiger partial charge in [0, 0.05) is 16.5 Å². The van der Waals surface area contributed by atoms with Crippen LogP contribution in [0.4, 0.5) is 5.69 Å². The number of hydrogen-bond donors (Lipinski definition) is 1. The molecule has 3 aromatic rings. The fourth-order valence-electron chi connectivity index (χ4n) is 3.42. The van der Waals surface area contributed by atoms with E-state index in [1.165, 1.54) is 11.3 Å². The van der Waals surface area contributed by atoms with Gasteiger partial charge in [-0.25, -0.2) is 4.68 Å². The highest BCUT2D eigenvalue weighted by atomic mass is 32.1. The van der Waals surface area contributed by atoms with Crippen molar-refractivity contribution in [2.75, 3.05) is 25.3 Å². The van der Waals surface area contributed by atoms with Gasteiger partial charge in [0.25, 0.3) is 5.91 Å². The monoisotopic (exact) mass is 448 g/mol. The Morgan fingerprint density at radius 2 is 2.03 bits per heavy atom. The Bertz CT molecular complexity index is 1320. The van der Waals surface area contributed by atoms with E-state index in [1.54, 1.807) is 10.8 Å². The molecule has 0 saturated carbocycles. The molecule has 2 aromatic carbocycles. The van der Waals surface area contributed by atoms with Crippen molar-refractivity contribution in [3.05, 3.63) is 64.8 Å². The topological polar surface area (TPSA) is 86.4 Å². The van der Waals surface area contributed by atoms with Crippen LogP contribution >= 0.6 is 11.3 Å². The van der Waals surface area contributed by atoms with E-state index in [-0.39, 0.29) is 19.3 Å². The number of carbonyl (C=O) groups is 1. The fraction of sp³-hybridized carbons (Fsp3) is 0.174. The molecule has 0 bridgehead atoms. The molecule has 2 aliphatic rings. The van der Waals surface area contributed by atoms with E-state index in [1.807, 2.05) is 48.7 Å². The summed E-state index contributed by atoms with van der Waals surface area (Å²) in [5, 5.41) is 9.72. The van der Waals surface area contributed by atoms with Gasteiger partial charge in [-0.15, -0.1) is 17.9 Å². The zero-order valence-electron chi connectivity index (χ0n) is 17.3. The van der Waals surface area contributed by atoms with Gasteiger partial charge in [-0.3, -0.25) is 9.79 Å². The molecular weight excluding hydrogens is 428 g/mol. The van der Waals surface area contributed by atoms with Crippen LogP contribution in [0.2, 0.25) is 0 Å². The summed E-state index contributed by atoms with van der Waals surface area (Å²) in [6.45, 7) is 6.41. The summed E-state index contributed by atoms with van der Waals surface area (Å²) in [6, 6.07) is 11.4. The molecule has 1 aromatic heterocycles. The van der Waals surface area contributed by atoms with Crippen molar-refractivity contribution in [2.24, 2.45) is 10.1 Å². The van der Waals surface area contributed by atoms with Crippen molar-refractivity contribution in [1.82, 2.24) is 4.68 Å². The van der Waals surface area contributed by atoms with E-state index in [9.17, 15) is 4.79 Å². The first kappa shape index (κ1) is 20.1. The number of hydrogen-bond acceptors (Lipinski definition) is 7. The number of nitrogens with zero attached hydrogens (tertiary/aromatic N) is 3. The first-order valence-electron chi connectivity index (χ1n) is 9.97. The van der Waals surface area contributed by atoms with E-state index in [0.29, 0.717) is 23.7 Å². The third-order valence-corrected chi connectivity index (χ3v) is 5.84. The predicted molar refractivity (Wildman–Crippen MR) is 123 cm³/mol. The Labute approximate surface area is 188 Å². The van der Waals surface area contributed by atoms with Crippen LogP contribution in [0.1, 0.15) is 12.5 Å². The van der Waals surface area contributed by atoms with Gasteiger partial charge in [0.2, 0.25) is 11.6 Å². The lowest BCUT2D eigenvalue weighted by molar-refractivity contribution is -0.118. The van der Waals surface area contributed by atoms with Crippen LogP contribution in [0.5, 0.6) is 17.2 Å². The molecule has 5 rings (SSSR count). The van der Waals surface area contributed by atoms with Crippen LogP contribution in [-0.2, 0) is 4.79 Å². The van der Waals surface area contributed by atoms with Gasteiger partial charge >= 0.3 is 0 Å². The SMILES string of the molecule is C=CCN=c1scc(-c2ccc3c(c2)NC(=O)CO3)n1N=C(C)c1ccc2c(c1)OCO2. The molecule has 0 spiro atoms. The number of nitrogens with one attached hydrogen (secondary N) is 1. The Morgan fingerprint density at radius 1 is 1.19 bits per heavy atom. The Morgan fingerprint density at radius 3 is 2.91 bits per heavy atom. The van der Waals surface area contributed by atoms with E-state index in [2.05, 4.69) is 16.9 Å². The minimum Gasteiger partial charge on any atom is -0.482 e. The van der Waals surface area contributed by atoms with Crippen molar-refractivity contribution in [1.29, 1.82) is 0 Å². The molecule has 0 fully saturated rings. The van der Waals surface area contributed by atoms with Gasteiger partial charge in [0.15, 0.2) is 18.1 Å². The Balaban J connectivity index is 1.59. The lowest BCUT2D eigenvalue weighted by Gasteiger charge is -2.18. The third kappa shape index (κ3) is 3.78. The molecule has 3 heterocycles. The largest absolute Gasteiger partial charge is 0.482 e. The molecule has 0 radical (unpaired) electrons. The predicted octanol–water partition coefficient (Wildman–Crippen LogP) is 3.64. The summed E-state index contributed by atoms with van der Waals surface area (Å²) in [7, 11) is 0. The van der Waals surface area contributed by atoms with Crippen molar-refractivity contribution < 1.29 is 19.0 Å². The van der Waals surface area contributed by atoms with Crippen LogP contribution in [0.3, 0.4) is 0 Å². The average molecular weight is 449 g/mol. The van der Waals surface area contributed by atoms with Gasteiger partial charge < -0.3 is 19.5 Å². The molecular formula is C23H20N4O4S. The molecule has 0 atom stereocenters. The molecule has 2 aliphatic heterocycles. The summed E-state index contributed by atoms with van der Waals surface area (Å²) in [5.41, 5.74) is 4.07. The van der Waals surface area contributed by atoms with Crippen LogP contribution in [0.15, 0.2) is 64.5 Å². The van der Waals surface area contributed by atoms with E-state index in [0.717, 1.165) is 33.1 Å². The normalized spacial score (nSPS) is 15.2. The van der Waals surface area contributed by atoms with Crippen LogP contribution < -0.4 is 24.3 Å². The maximum absolute atomic E-state index is 11.7. The second kappa shape index (κ2) is 8.35. The Hall–Kier alpha value is -3.85. The number of rotatable bonds is 5. The van der Waals surface area contributed by atoms with Crippen molar-refractivity contribution >= 4 is 28.6 Å². The van der Waals surface area contributed by atoms with Gasteiger partial charge in [-0.1, -0.05) is 6.08 Å². The van der Waals surface area contributed by atoms with Gasteiger partial charge in [0.1, 0.15) is 5.75 Å². The third-order valence-electron chi connectivity index (χ3n) is 4.99. The molecule has 0 aliphatic carbocycles. The molecule has 162 valence electrons. The lowest BCUT2D eigenvalue weighted by Crippen LogP contribution is -2.25. The van der Waals surface area contributed by atoms with Crippen molar-refractivity contribution in [3.8, 4) is 28.5 Å². The maximum Gasteiger partial charge on any atom is 0.262 e. The van der Waals surface area contributed by atoms with Gasteiger partial charge in [0.05, 0.1) is 23.6 Å². The Kier molecular flexibility index (Phi) is 5.24. The van der Waals surface area contributed by atoms with Gasteiger partial charge in [-0.05, 0) is 43.3 Å². The fourth-order valence-corrected chi connectivity index (χ4v) is 4.26. The molecule has 32 heavy (non-hydrogen) atoms. The van der Waals surface area contributed by atoms with Crippen LogP contribution in [0, 0.1) is 0 Å². The maximum atomic E-state index is 11.7. The number of anilines is 1. The number of benzene rings is 2.